The Labute approximate surface area is 70.5 Å². The van der Waals surface area contributed by atoms with Gasteiger partial charge in [0.15, 0.2) is 0 Å². The quantitative estimate of drug-likeness (QED) is 0.383. The van der Waals surface area contributed by atoms with E-state index in [-0.39, 0.29) is 4.70 Å². The third-order valence-corrected chi connectivity index (χ3v) is 3.16. The summed E-state index contributed by atoms with van der Waals surface area (Å²) in [7, 11) is 0. The van der Waals surface area contributed by atoms with Crippen molar-refractivity contribution in [2.24, 2.45) is 0 Å². The minimum Gasteiger partial charge on any atom is -1.00 e. The van der Waals surface area contributed by atoms with E-state index < -0.39 is 0 Å². The fourth-order valence-electron chi connectivity index (χ4n) is 0.841. The fourth-order valence-corrected chi connectivity index (χ4v) is 2.52. The first kappa shape index (κ1) is 13.1. The second-order valence-corrected chi connectivity index (χ2v) is 4.31. The van der Waals surface area contributed by atoms with Crippen molar-refractivity contribution in [2.45, 2.75) is 50.1 Å². The first-order valence-electron chi connectivity index (χ1n) is 4.23. The smallest absolute Gasteiger partial charge is 1.00 e. The van der Waals surface area contributed by atoms with Crippen molar-refractivity contribution in [3.8, 4) is 0 Å². The molecule has 0 heterocycles. The number of halogens is 1. The molecule has 0 radical (unpaired) electrons. The van der Waals surface area contributed by atoms with E-state index in [1.54, 1.807) is 0 Å². The van der Waals surface area contributed by atoms with E-state index in [9.17, 15) is 0 Å². The van der Waals surface area contributed by atoms with E-state index in [1.807, 2.05) is 0 Å². The Kier molecular flexibility index (Phi) is 15.9. The zero-order valence-corrected chi connectivity index (χ0v) is 8.35. The maximum Gasteiger partial charge on any atom is -1.00 e. The Hall–Kier alpha value is 0.462. The van der Waals surface area contributed by atoms with Crippen molar-refractivity contribution < 1.29 is 4.70 Å². The van der Waals surface area contributed by atoms with Gasteiger partial charge in [-0.25, -0.2) is 0 Å². The molecule has 0 amide bonds. The summed E-state index contributed by atoms with van der Waals surface area (Å²) in [6.07, 6.45) is 5.72. The van der Waals surface area contributed by atoms with Gasteiger partial charge in [0, 0.05) is 0 Å². The van der Waals surface area contributed by atoms with Crippen LogP contribution in [0.5, 0.6) is 0 Å². The van der Waals surface area contributed by atoms with Crippen molar-refractivity contribution in [2.75, 3.05) is 0 Å². The third-order valence-electron chi connectivity index (χ3n) is 1.52. The van der Waals surface area contributed by atoms with Crippen LogP contribution in [0, 0.1) is 0 Å². The molecule has 0 aliphatic carbocycles. The van der Waals surface area contributed by atoms with Gasteiger partial charge in [-0.2, -0.15) is 0 Å². The third kappa shape index (κ3) is 11.3. The topological polar surface area (TPSA) is 0 Å². The van der Waals surface area contributed by atoms with Crippen LogP contribution in [-0.4, -0.2) is 15.2 Å². The molecular formula is C8H18AlF. The summed E-state index contributed by atoms with van der Waals surface area (Å²) in [6.45, 7) is 4.55. The van der Waals surface area contributed by atoms with Crippen LogP contribution in [0.25, 0.3) is 0 Å². The van der Waals surface area contributed by atoms with E-state index in [4.69, 9.17) is 0 Å². The largest absolute Gasteiger partial charge is 1.00 e. The normalized spacial score (nSPS) is 8.20. The molecule has 0 aromatic rings. The summed E-state index contributed by atoms with van der Waals surface area (Å²) >= 11 is 0.818. The second-order valence-electron chi connectivity index (χ2n) is 2.57. The van der Waals surface area contributed by atoms with Gasteiger partial charge < -0.3 is 4.70 Å². The molecule has 60 valence electrons. The van der Waals surface area contributed by atoms with Gasteiger partial charge in [0.1, 0.15) is 0 Å². The molecule has 10 heavy (non-hydrogen) atoms. The van der Waals surface area contributed by atoms with Gasteiger partial charge in [-0.1, -0.05) is 0 Å². The molecule has 0 saturated carbocycles. The van der Waals surface area contributed by atoms with Crippen molar-refractivity contribution in [1.82, 2.24) is 0 Å². The molecule has 0 saturated heterocycles. The van der Waals surface area contributed by atoms with Gasteiger partial charge >= 0.3 is 65.3 Å². The molecule has 0 spiro atoms. The first-order valence-corrected chi connectivity index (χ1v) is 5.86. The van der Waals surface area contributed by atoms with Gasteiger partial charge in [0.05, 0.1) is 0 Å². The number of hydrogen-bond acceptors (Lipinski definition) is 0. The zero-order valence-electron chi connectivity index (χ0n) is 7.20. The molecule has 0 aliphatic heterocycles. The minimum absolute atomic E-state index is 0. The standard InChI is InChI=1S/2C4H9.Al.FH/c2*1-3-4-2;;/h2*1,3-4H2,2H3;;1H/q;;+1;/p-1. The average molecular weight is 160 g/mol. The monoisotopic (exact) mass is 160 g/mol. The molecule has 0 aromatic heterocycles. The van der Waals surface area contributed by atoms with Gasteiger partial charge in [0.2, 0.25) is 0 Å². The summed E-state index contributed by atoms with van der Waals surface area (Å²) in [5.41, 5.74) is 0. The molecule has 0 unspecified atom stereocenters. The van der Waals surface area contributed by atoms with E-state index in [0.717, 1.165) is 15.2 Å². The SMILES string of the molecule is CCC[CH2][Al+][CH2]CCC.[F-]. The van der Waals surface area contributed by atoms with Crippen LogP contribution in [-0.2, 0) is 0 Å². The van der Waals surface area contributed by atoms with Crippen LogP contribution in [0.1, 0.15) is 39.5 Å². The molecule has 0 bridgehead atoms. The molecule has 0 aromatic carbocycles. The summed E-state index contributed by atoms with van der Waals surface area (Å²) < 4.78 is 0. The number of unbranched alkanes of at least 4 members (excludes halogenated alkanes) is 2. The molecule has 2 heteroatoms. The Balaban J connectivity index is 0. The number of rotatable bonds is 6. The van der Waals surface area contributed by atoms with Crippen LogP contribution < -0.4 is 4.70 Å². The van der Waals surface area contributed by atoms with E-state index in [1.165, 1.54) is 36.2 Å². The van der Waals surface area contributed by atoms with Crippen LogP contribution >= 0.6 is 0 Å². The van der Waals surface area contributed by atoms with E-state index >= 15 is 0 Å². The molecule has 0 atom stereocenters. The Morgan fingerprint density at radius 1 is 0.900 bits per heavy atom. The Bertz CT molecular complexity index is 42.5. The minimum atomic E-state index is 0. The predicted octanol–water partition coefficient (Wildman–Crippen LogP) is 0.131. The van der Waals surface area contributed by atoms with E-state index in [2.05, 4.69) is 13.8 Å². The fraction of sp³-hybridized carbons (Fsp3) is 1.00. The van der Waals surface area contributed by atoms with Gasteiger partial charge in [0.25, 0.3) is 0 Å². The summed E-state index contributed by atoms with van der Waals surface area (Å²) in [4.78, 5) is 0. The van der Waals surface area contributed by atoms with Gasteiger partial charge in [-0.05, 0) is 0 Å². The zero-order chi connectivity index (χ0) is 6.95. The molecule has 0 rings (SSSR count). The molecule has 0 fully saturated rings. The second kappa shape index (κ2) is 12.2. The van der Waals surface area contributed by atoms with Crippen molar-refractivity contribution in [3.63, 3.8) is 0 Å². The van der Waals surface area contributed by atoms with Crippen LogP contribution in [0.2, 0.25) is 10.6 Å². The van der Waals surface area contributed by atoms with Crippen molar-refractivity contribution >= 4 is 15.2 Å². The average Bonchev–Trinajstić information content (AvgIpc) is 1.89. The first-order chi connectivity index (χ1) is 4.41. The summed E-state index contributed by atoms with van der Waals surface area (Å²) in [5, 5.41) is 3.08. The molecule has 0 aliphatic rings. The maximum absolute atomic E-state index is 2.28. The van der Waals surface area contributed by atoms with Crippen LogP contribution in [0.3, 0.4) is 0 Å². The summed E-state index contributed by atoms with van der Waals surface area (Å²) in [5.74, 6) is 0. The van der Waals surface area contributed by atoms with Crippen LogP contribution in [0.15, 0.2) is 0 Å². The molecule has 0 nitrogen and oxygen atoms in total. The maximum atomic E-state index is 2.28. The van der Waals surface area contributed by atoms with E-state index in [0.29, 0.717) is 0 Å². The van der Waals surface area contributed by atoms with Gasteiger partial charge in [-0.15, -0.1) is 0 Å². The molecule has 0 N–H and O–H groups in total. The van der Waals surface area contributed by atoms with Crippen molar-refractivity contribution in [1.29, 1.82) is 0 Å². The van der Waals surface area contributed by atoms with Crippen molar-refractivity contribution in [3.05, 3.63) is 0 Å². The summed E-state index contributed by atoms with van der Waals surface area (Å²) in [6, 6.07) is 0. The predicted molar refractivity (Wildman–Crippen MR) is 45.2 cm³/mol. The molecular weight excluding hydrogens is 142 g/mol. The number of hydrogen-bond donors (Lipinski definition) is 0. The van der Waals surface area contributed by atoms with Gasteiger partial charge in [-0.3, -0.25) is 0 Å². The Morgan fingerprint density at radius 2 is 1.30 bits per heavy atom. The Morgan fingerprint density at radius 3 is 1.60 bits per heavy atom. The van der Waals surface area contributed by atoms with Crippen LogP contribution in [0.4, 0.5) is 0 Å².